The first kappa shape index (κ1) is 10.0. The summed E-state index contributed by atoms with van der Waals surface area (Å²) in [7, 11) is 3.80. The van der Waals surface area contributed by atoms with Crippen LogP contribution in [0.5, 0.6) is 0 Å². The maximum absolute atomic E-state index is 2.20. The van der Waals surface area contributed by atoms with Gasteiger partial charge in [-0.2, -0.15) is 0 Å². The molecule has 0 saturated heterocycles. The molecule has 0 aliphatic rings. The Morgan fingerprint density at radius 3 is 2.58 bits per heavy atom. The Bertz CT molecular complexity index is 196. The third-order valence-electron chi connectivity index (χ3n) is 1.65. The second-order valence-corrected chi connectivity index (χ2v) is 5.26. The number of aryl methyl sites for hydroxylation is 1. The summed E-state index contributed by atoms with van der Waals surface area (Å²) in [6.45, 7) is 0. The van der Waals surface area contributed by atoms with Crippen LogP contribution in [0.1, 0.15) is 12.0 Å². The maximum Gasteiger partial charge on any atom is 0.00400 e. The van der Waals surface area contributed by atoms with Crippen LogP contribution < -0.4 is 0 Å². The van der Waals surface area contributed by atoms with Gasteiger partial charge in [0.25, 0.3) is 0 Å². The molecule has 0 aliphatic carbocycles. The van der Waals surface area contributed by atoms with Gasteiger partial charge in [-0.3, -0.25) is 0 Å². The lowest BCUT2D eigenvalue weighted by molar-refractivity contribution is 0.936. The topological polar surface area (TPSA) is 0 Å². The quantitative estimate of drug-likeness (QED) is 0.523. The Labute approximate surface area is 82.5 Å². The molecule has 1 rings (SSSR count). The van der Waals surface area contributed by atoms with Gasteiger partial charge in [0, 0.05) is 5.75 Å². The van der Waals surface area contributed by atoms with Crippen LogP contribution in [0.3, 0.4) is 0 Å². The molecule has 0 spiro atoms. The van der Waals surface area contributed by atoms with Gasteiger partial charge >= 0.3 is 0 Å². The van der Waals surface area contributed by atoms with E-state index in [0.29, 0.717) is 0 Å². The van der Waals surface area contributed by atoms with Crippen molar-refractivity contribution in [3.63, 3.8) is 0 Å². The predicted molar refractivity (Wildman–Crippen MR) is 60.7 cm³/mol. The lowest BCUT2D eigenvalue weighted by Gasteiger charge is -1.99. The third kappa shape index (κ3) is 4.07. The summed E-state index contributed by atoms with van der Waals surface area (Å²) in [5.41, 5.74) is 1.46. The van der Waals surface area contributed by atoms with Gasteiger partial charge in [0.15, 0.2) is 0 Å². The van der Waals surface area contributed by atoms with Crippen molar-refractivity contribution < 1.29 is 0 Å². The zero-order valence-corrected chi connectivity index (χ0v) is 8.96. The Morgan fingerprint density at radius 2 is 1.92 bits per heavy atom. The molecule has 2 heteroatoms. The molecular formula is C10H14S2. The van der Waals surface area contributed by atoms with Crippen molar-refractivity contribution in [3.05, 3.63) is 35.9 Å². The van der Waals surface area contributed by atoms with E-state index < -0.39 is 0 Å². The standard InChI is InChI=1S/C10H14S2/c1-11-12-9-5-8-10-6-3-2-4-7-10/h2-4,6-7H,5,8-9H2,1H3. The minimum Gasteiger partial charge on any atom is -0.0976 e. The van der Waals surface area contributed by atoms with Crippen LogP contribution >= 0.6 is 21.6 Å². The summed E-state index contributed by atoms with van der Waals surface area (Å²) in [5, 5.41) is 0. The second kappa shape index (κ2) is 6.44. The van der Waals surface area contributed by atoms with Crippen molar-refractivity contribution in [2.45, 2.75) is 12.8 Å². The Balaban J connectivity index is 2.16. The highest BCUT2D eigenvalue weighted by molar-refractivity contribution is 8.76. The van der Waals surface area contributed by atoms with Crippen LogP contribution in [0.2, 0.25) is 0 Å². The molecule has 0 nitrogen and oxygen atoms in total. The first-order chi connectivity index (χ1) is 5.93. The molecule has 0 heterocycles. The minimum atomic E-state index is 1.22. The largest absolute Gasteiger partial charge is 0.0976 e. The summed E-state index contributed by atoms with van der Waals surface area (Å²) in [5.74, 6) is 1.26. The van der Waals surface area contributed by atoms with Crippen molar-refractivity contribution in [2.24, 2.45) is 0 Å². The van der Waals surface area contributed by atoms with Crippen LogP contribution in [-0.2, 0) is 6.42 Å². The van der Waals surface area contributed by atoms with Gasteiger partial charge in [0.1, 0.15) is 0 Å². The van der Waals surface area contributed by atoms with E-state index in [2.05, 4.69) is 36.6 Å². The normalized spacial score (nSPS) is 10.1. The molecule has 0 aromatic heterocycles. The Morgan fingerprint density at radius 1 is 1.17 bits per heavy atom. The number of benzene rings is 1. The molecule has 0 bridgehead atoms. The lowest BCUT2D eigenvalue weighted by Crippen LogP contribution is -1.85. The monoisotopic (exact) mass is 198 g/mol. The fraction of sp³-hybridized carbons (Fsp3) is 0.400. The first-order valence-corrected chi connectivity index (χ1v) is 6.86. The van der Waals surface area contributed by atoms with E-state index in [1.165, 1.54) is 24.2 Å². The van der Waals surface area contributed by atoms with E-state index in [9.17, 15) is 0 Å². The number of hydrogen-bond donors (Lipinski definition) is 0. The average Bonchev–Trinajstić information content (AvgIpc) is 2.14. The van der Waals surface area contributed by atoms with E-state index in [4.69, 9.17) is 0 Å². The maximum atomic E-state index is 2.20. The van der Waals surface area contributed by atoms with Gasteiger partial charge in [-0.25, -0.2) is 0 Å². The van der Waals surface area contributed by atoms with Gasteiger partial charge < -0.3 is 0 Å². The van der Waals surface area contributed by atoms with Crippen molar-refractivity contribution >= 4 is 21.6 Å². The second-order valence-electron chi connectivity index (χ2n) is 2.58. The Hall–Kier alpha value is -0.0800. The highest BCUT2D eigenvalue weighted by Crippen LogP contribution is 2.18. The van der Waals surface area contributed by atoms with Crippen LogP contribution in [0.15, 0.2) is 30.3 Å². The van der Waals surface area contributed by atoms with E-state index >= 15 is 0 Å². The van der Waals surface area contributed by atoms with Gasteiger partial charge in [0.2, 0.25) is 0 Å². The SMILES string of the molecule is CSSCCCc1ccccc1. The molecule has 0 amide bonds. The zero-order chi connectivity index (χ0) is 8.65. The molecule has 0 aliphatic heterocycles. The summed E-state index contributed by atoms with van der Waals surface area (Å²) >= 11 is 0. The molecular weight excluding hydrogens is 184 g/mol. The van der Waals surface area contributed by atoms with Crippen molar-refractivity contribution in [1.29, 1.82) is 0 Å². The summed E-state index contributed by atoms with van der Waals surface area (Å²) in [6, 6.07) is 10.7. The summed E-state index contributed by atoms with van der Waals surface area (Å²) in [4.78, 5) is 0. The Kier molecular flexibility index (Phi) is 5.37. The van der Waals surface area contributed by atoms with Gasteiger partial charge in [-0.15, -0.1) is 0 Å². The van der Waals surface area contributed by atoms with Crippen LogP contribution in [0.25, 0.3) is 0 Å². The average molecular weight is 198 g/mol. The van der Waals surface area contributed by atoms with Crippen molar-refractivity contribution in [3.8, 4) is 0 Å². The smallest absolute Gasteiger partial charge is 0.00400 e. The minimum absolute atomic E-state index is 1.22. The van der Waals surface area contributed by atoms with Gasteiger partial charge in [0.05, 0.1) is 0 Å². The van der Waals surface area contributed by atoms with E-state index in [0.717, 1.165) is 0 Å². The molecule has 0 unspecified atom stereocenters. The fourth-order valence-corrected chi connectivity index (χ4v) is 2.35. The molecule has 0 fully saturated rings. The predicted octanol–water partition coefficient (Wildman–Crippen LogP) is 3.63. The third-order valence-corrected chi connectivity index (χ3v) is 3.55. The molecule has 12 heavy (non-hydrogen) atoms. The molecule has 1 aromatic carbocycles. The van der Waals surface area contributed by atoms with Gasteiger partial charge in [-0.05, 0) is 24.7 Å². The summed E-state index contributed by atoms with van der Waals surface area (Å²) < 4.78 is 0. The first-order valence-electron chi connectivity index (χ1n) is 4.13. The van der Waals surface area contributed by atoms with Crippen LogP contribution in [0.4, 0.5) is 0 Å². The van der Waals surface area contributed by atoms with E-state index in [1.54, 1.807) is 0 Å². The van der Waals surface area contributed by atoms with Crippen molar-refractivity contribution in [2.75, 3.05) is 12.0 Å². The molecule has 1 aromatic rings. The molecule has 66 valence electrons. The van der Waals surface area contributed by atoms with Crippen molar-refractivity contribution in [1.82, 2.24) is 0 Å². The zero-order valence-electron chi connectivity index (χ0n) is 7.32. The van der Waals surface area contributed by atoms with E-state index in [1.807, 2.05) is 21.6 Å². The van der Waals surface area contributed by atoms with E-state index in [-0.39, 0.29) is 0 Å². The van der Waals surface area contributed by atoms with Crippen LogP contribution in [0, 0.1) is 0 Å². The fourth-order valence-electron chi connectivity index (χ4n) is 1.06. The highest BCUT2D eigenvalue weighted by Gasteiger charge is 1.91. The van der Waals surface area contributed by atoms with Crippen LogP contribution in [-0.4, -0.2) is 12.0 Å². The molecule has 0 N–H and O–H groups in total. The molecule has 0 saturated carbocycles. The molecule has 0 atom stereocenters. The van der Waals surface area contributed by atoms with Gasteiger partial charge in [-0.1, -0.05) is 51.9 Å². The number of rotatable bonds is 5. The number of hydrogen-bond acceptors (Lipinski definition) is 2. The summed E-state index contributed by atoms with van der Waals surface area (Å²) in [6.07, 6.45) is 4.64. The highest BCUT2D eigenvalue weighted by atomic mass is 33.1. The lowest BCUT2D eigenvalue weighted by atomic mass is 10.1. The molecule has 0 radical (unpaired) electrons.